The van der Waals surface area contributed by atoms with Crippen LogP contribution in [0.4, 0.5) is 26.7 Å². The Labute approximate surface area is 272 Å². The van der Waals surface area contributed by atoms with Gasteiger partial charge in [0.15, 0.2) is 0 Å². The molecular formula is C33H25F5N4O7. The van der Waals surface area contributed by atoms with Crippen LogP contribution in [0.2, 0.25) is 0 Å². The van der Waals surface area contributed by atoms with E-state index in [9.17, 15) is 45.9 Å². The Morgan fingerprint density at radius 2 is 1.59 bits per heavy atom. The number of rotatable bonds is 7. The number of likely N-dealkylation sites (tertiary alicyclic amines) is 1. The highest BCUT2D eigenvalue weighted by atomic mass is 19.2. The van der Waals surface area contributed by atoms with E-state index in [-0.39, 0.29) is 12.2 Å². The summed E-state index contributed by atoms with van der Waals surface area (Å²) in [5.41, 5.74) is 3.44. The summed E-state index contributed by atoms with van der Waals surface area (Å²) in [5, 5.41) is 2.26. The van der Waals surface area contributed by atoms with Crippen LogP contribution in [0.3, 0.4) is 0 Å². The van der Waals surface area contributed by atoms with Crippen LogP contribution in [-0.4, -0.2) is 51.6 Å². The van der Waals surface area contributed by atoms with Crippen molar-refractivity contribution >= 4 is 18.0 Å². The third kappa shape index (κ3) is 6.16. The number of H-pyrrole nitrogens is 1. The van der Waals surface area contributed by atoms with Gasteiger partial charge in [-0.2, -0.15) is 8.78 Å². The number of amides is 2. The number of esters is 1. The van der Waals surface area contributed by atoms with E-state index >= 15 is 0 Å². The molecule has 254 valence electrons. The second-order valence-electron chi connectivity index (χ2n) is 11.5. The number of fused-ring (bicyclic) bond motifs is 3. The second-order valence-corrected chi connectivity index (χ2v) is 11.5. The zero-order chi connectivity index (χ0) is 35.1. The monoisotopic (exact) mass is 684 g/mol. The molecule has 4 aromatic rings. The number of nitrogens with zero attached hydrogens (tertiary/aromatic N) is 2. The predicted octanol–water partition coefficient (Wildman–Crippen LogP) is 3.79. The minimum absolute atomic E-state index is 0.0993. The standard InChI is InChI=1S/C33H25F5N4O7/c1-15-12-41(32(46)40-30(15)44)18-10-22(31(45)49-29-27(37)25(35)24(34)26(36)28(29)38)42(13-18)23(43)11-39-33(47)48-14-17-6-4-8-20-19-7-3-2-5-16(19)9-21(17)20/h2-8,12,18,22H,9-11,13-14H2,1H3,(H,39,47)(H,40,44,46)/t18-,22+/m0/s1. The molecule has 2 N–H and O–H groups in total. The fourth-order valence-electron chi connectivity index (χ4n) is 6.02. The predicted molar refractivity (Wildman–Crippen MR) is 160 cm³/mol. The van der Waals surface area contributed by atoms with E-state index < -0.39 is 95.6 Å². The summed E-state index contributed by atoms with van der Waals surface area (Å²) in [4.78, 5) is 66.4. The highest BCUT2D eigenvalue weighted by molar-refractivity contribution is 5.89. The summed E-state index contributed by atoms with van der Waals surface area (Å²) in [6.07, 6.45) is 0.380. The van der Waals surface area contributed by atoms with Crippen LogP contribution >= 0.6 is 0 Å². The molecule has 0 saturated carbocycles. The Morgan fingerprint density at radius 3 is 2.33 bits per heavy atom. The number of hydrogen-bond donors (Lipinski definition) is 2. The topological polar surface area (TPSA) is 140 Å². The van der Waals surface area contributed by atoms with E-state index in [2.05, 4.69) is 15.0 Å². The molecule has 6 rings (SSSR count). The van der Waals surface area contributed by atoms with Gasteiger partial charge in [-0.3, -0.25) is 19.1 Å². The lowest BCUT2D eigenvalue weighted by Crippen LogP contribution is -2.47. The number of aromatic nitrogens is 2. The van der Waals surface area contributed by atoms with Crippen molar-refractivity contribution < 1.29 is 45.8 Å². The number of hydrogen-bond acceptors (Lipinski definition) is 7. The van der Waals surface area contributed by atoms with Crippen LogP contribution < -0.4 is 21.3 Å². The van der Waals surface area contributed by atoms with Gasteiger partial charge < -0.3 is 19.7 Å². The van der Waals surface area contributed by atoms with Gasteiger partial charge in [-0.15, -0.1) is 0 Å². The molecule has 0 unspecified atom stereocenters. The van der Waals surface area contributed by atoms with Crippen LogP contribution in [0.25, 0.3) is 11.1 Å². The molecule has 0 bridgehead atoms. The Hall–Kier alpha value is -5.80. The molecule has 1 saturated heterocycles. The van der Waals surface area contributed by atoms with Crippen molar-refractivity contribution in [2.45, 2.75) is 38.5 Å². The smallest absolute Gasteiger partial charge is 0.407 e. The molecule has 3 aromatic carbocycles. The van der Waals surface area contributed by atoms with Gasteiger partial charge >= 0.3 is 17.8 Å². The van der Waals surface area contributed by atoms with E-state index in [1.165, 1.54) is 13.1 Å². The molecule has 2 aliphatic rings. The molecule has 1 aliphatic carbocycles. The molecule has 2 heterocycles. The summed E-state index contributed by atoms with van der Waals surface area (Å²) >= 11 is 0. The van der Waals surface area contributed by atoms with Crippen molar-refractivity contribution in [1.82, 2.24) is 19.8 Å². The first-order chi connectivity index (χ1) is 23.3. The maximum Gasteiger partial charge on any atom is 0.407 e. The Balaban J connectivity index is 1.17. The van der Waals surface area contributed by atoms with Gasteiger partial charge in [0.25, 0.3) is 5.56 Å². The number of aromatic amines is 1. The molecule has 11 nitrogen and oxygen atoms in total. The average Bonchev–Trinajstić information content (AvgIpc) is 3.71. The van der Waals surface area contributed by atoms with Crippen LogP contribution in [0.1, 0.15) is 34.7 Å². The lowest BCUT2D eigenvalue weighted by Gasteiger charge is -2.23. The molecule has 1 aromatic heterocycles. The number of nitrogens with one attached hydrogen (secondary N) is 2. The number of ether oxygens (including phenoxy) is 2. The van der Waals surface area contributed by atoms with Crippen molar-refractivity contribution in [2.24, 2.45) is 0 Å². The summed E-state index contributed by atoms with van der Waals surface area (Å²) in [7, 11) is 0. The highest BCUT2D eigenvalue weighted by Gasteiger charge is 2.43. The highest BCUT2D eigenvalue weighted by Crippen LogP contribution is 2.38. The molecule has 49 heavy (non-hydrogen) atoms. The molecule has 1 aliphatic heterocycles. The van der Waals surface area contributed by atoms with Crippen molar-refractivity contribution in [3.8, 4) is 16.9 Å². The number of aryl methyl sites for hydroxylation is 1. The fraction of sp³-hybridized carbons (Fsp3) is 0.242. The van der Waals surface area contributed by atoms with Gasteiger partial charge in [0, 0.05) is 24.7 Å². The normalized spacial score (nSPS) is 16.2. The van der Waals surface area contributed by atoms with Gasteiger partial charge in [-0.1, -0.05) is 42.5 Å². The van der Waals surface area contributed by atoms with Gasteiger partial charge in [0.1, 0.15) is 19.2 Å². The molecule has 0 radical (unpaired) electrons. The maximum absolute atomic E-state index is 14.3. The quantitative estimate of drug-likeness (QED) is 0.0875. The average molecular weight is 685 g/mol. The van der Waals surface area contributed by atoms with Crippen LogP contribution in [-0.2, 0) is 27.4 Å². The fourth-order valence-corrected chi connectivity index (χ4v) is 6.02. The first kappa shape index (κ1) is 33.1. The SMILES string of the molecule is Cc1cn([C@H]2C[C@H](C(=O)Oc3c(F)c(F)c(F)c(F)c3F)N(C(=O)CNC(=O)OCc3cccc4c3Cc3ccccc3-4)C2)c(=O)[nH]c1=O. The first-order valence-electron chi connectivity index (χ1n) is 14.8. The van der Waals surface area contributed by atoms with E-state index in [1.54, 1.807) is 6.07 Å². The minimum atomic E-state index is -2.47. The van der Waals surface area contributed by atoms with Crippen LogP contribution in [0.5, 0.6) is 5.75 Å². The van der Waals surface area contributed by atoms with Gasteiger partial charge in [-0.25, -0.2) is 27.6 Å². The van der Waals surface area contributed by atoms with Crippen LogP contribution in [0.15, 0.2) is 58.3 Å². The third-order valence-electron chi connectivity index (χ3n) is 8.47. The number of benzene rings is 3. The second kappa shape index (κ2) is 13.0. The first-order valence-corrected chi connectivity index (χ1v) is 14.8. The van der Waals surface area contributed by atoms with E-state index in [0.29, 0.717) is 6.42 Å². The van der Waals surface area contributed by atoms with Crippen molar-refractivity contribution in [2.75, 3.05) is 13.1 Å². The number of halogens is 5. The molecular weight excluding hydrogens is 659 g/mol. The van der Waals surface area contributed by atoms with Gasteiger partial charge in [0.05, 0.1) is 6.04 Å². The van der Waals surface area contributed by atoms with Gasteiger partial charge in [0.2, 0.25) is 40.7 Å². The molecule has 0 spiro atoms. The number of alkyl carbamates (subject to hydrolysis) is 1. The Bertz CT molecular complexity index is 2120. The summed E-state index contributed by atoms with van der Waals surface area (Å²) in [5.74, 6) is -16.4. The summed E-state index contributed by atoms with van der Waals surface area (Å²) < 4.78 is 80.6. The van der Waals surface area contributed by atoms with E-state index in [0.717, 1.165) is 37.3 Å². The van der Waals surface area contributed by atoms with Crippen LogP contribution in [0, 0.1) is 36.0 Å². The summed E-state index contributed by atoms with van der Waals surface area (Å²) in [6, 6.07) is 10.7. The number of carbonyl (C=O) groups excluding carboxylic acids is 3. The third-order valence-corrected chi connectivity index (χ3v) is 8.47. The lowest BCUT2D eigenvalue weighted by atomic mass is 10.0. The molecule has 2 atom stereocenters. The maximum atomic E-state index is 14.3. The van der Waals surface area contributed by atoms with Crippen molar-refractivity contribution in [1.29, 1.82) is 0 Å². The summed E-state index contributed by atoms with van der Waals surface area (Å²) in [6.45, 7) is 0.0955. The molecule has 2 amide bonds. The zero-order valence-corrected chi connectivity index (χ0v) is 25.5. The minimum Gasteiger partial charge on any atom is -0.445 e. The largest absolute Gasteiger partial charge is 0.445 e. The van der Waals surface area contributed by atoms with E-state index in [1.807, 2.05) is 36.4 Å². The Kier molecular flexibility index (Phi) is 8.79. The van der Waals surface area contributed by atoms with E-state index in [4.69, 9.17) is 4.74 Å². The van der Waals surface area contributed by atoms with Crippen molar-refractivity contribution in [3.63, 3.8) is 0 Å². The van der Waals surface area contributed by atoms with Gasteiger partial charge in [-0.05, 0) is 41.2 Å². The molecule has 16 heteroatoms. The zero-order valence-electron chi connectivity index (χ0n) is 25.5. The molecule has 1 fully saturated rings. The number of carbonyl (C=O) groups is 3. The van der Waals surface area contributed by atoms with Crippen molar-refractivity contribution in [3.05, 3.63) is 121 Å². The lowest BCUT2D eigenvalue weighted by molar-refractivity contribution is -0.146. The Morgan fingerprint density at radius 1 is 0.918 bits per heavy atom.